The summed E-state index contributed by atoms with van der Waals surface area (Å²) in [7, 11) is 0. The fourth-order valence-corrected chi connectivity index (χ4v) is 2.50. The van der Waals surface area contributed by atoms with E-state index in [1.165, 1.54) is 22.3 Å². The molecule has 0 saturated heterocycles. The molecular formula is C16H22N4. The van der Waals surface area contributed by atoms with Crippen LogP contribution in [0.1, 0.15) is 45.2 Å². The summed E-state index contributed by atoms with van der Waals surface area (Å²) in [5, 5.41) is 8.28. The molecule has 1 heterocycles. The average Bonchev–Trinajstić information content (AvgIpc) is 2.40. The summed E-state index contributed by atoms with van der Waals surface area (Å²) in [6.45, 7) is 10.3. The summed E-state index contributed by atoms with van der Waals surface area (Å²) in [4.78, 5) is 0. The van der Waals surface area contributed by atoms with Gasteiger partial charge in [0.25, 0.3) is 0 Å². The molecule has 0 radical (unpaired) electrons. The molecule has 2 rings (SSSR count). The van der Waals surface area contributed by atoms with Gasteiger partial charge in [0, 0.05) is 0 Å². The van der Waals surface area contributed by atoms with Gasteiger partial charge in [-0.3, -0.25) is 5.84 Å². The molecule has 0 saturated carbocycles. The average molecular weight is 270 g/mol. The number of benzene rings is 1. The topological polar surface area (TPSA) is 63.8 Å². The maximum absolute atomic E-state index is 5.81. The van der Waals surface area contributed by atoms with E-state index in [0.29, 0.717) is 0 Å². The summed E-state index contributed by atoms with van der Waals surface area (Å²) in [5.74, 6) is 5.81. The molecule has 0 fully saturated rings. The number of hydrazine groups is 1. The zero-order valence-electron chi connectivity index (χ0n) is 12.8. The number of hydrogen-bond donors (Lipinski definition) is 2. The van der Waals surface area contributed by atoms with E-state index in [1.54, 1.807) is 0 Å². The molecule has 0 aliphatic rings. The van der Waals surface area contributed by atoms with Crippen LogP contribution in [0.4, 0.5) is 0 Å². The van der Waals surface area contributed by atoms with E-state index in [0.717, 1.165) is 17.0 Å². The van der Waals surface area contributed by atoms with Crippen molar-refractivity contribution < 1.29 is 0 Å². The van der Waals surface area contributed by atoms with Crippen molar-refractivity contribution in [2.45, 2.75) is 40.7 Å². The number of aromatic nitrogens is 2. The Morgan fingerprint density at radius 1 is 0.850 bits per heavy atom. The number of rotatable bonds is 3. The summed E-state index contributed by atoms with van der Waals surface area (Å²) < 4.78 is 0. The highest BCUT2D eigenvalue weighted by molar-refractivity contribution is 5.43. The molecule has 1 unspecified atom stereocenters. The van der Waals surface area contributed by atoms with Gasteiger partial charge in [0.05, 0.1) is 17.4 Å². The molecule has 0 aliphatic heterocycles. The van der Waals surface area contributed by atoms with Gasteiger partial charge in [0.2, 0.25) is 0 Å². The first-order valence-electron chi connectivity index (χ1n) is 6.78. The van der Waals surface area contributed by atoms with E-state index in [4.69, 9.17) is 5.84 Å². The monoisotopic (exact) mass is 270 g/mol. The highest BCUT2D eigenvalue weighted by Gasteiger charge is 2.18. The molecule has 20 heavy (non-hydrogen) atoms. The predicted molar refractivity (Wildman–Crippen MR) is 81.3 cm³/mol. The maximum Gasteiger partial charge on any atom is 0.0731 e. The molecule has 106 valence electrons. The first-order valence-corrected chi connectivity index (χ1v) is 6.78. The van der Waals surface area contributed by atoms with Crippen LogP contribution in [0.3, 0.4) is 0 Å². The Bertz CT molecular complexity index is 635. The number of nitrogens with two attached hydrogens (primary N) is 1. The quantitative estimate of drug-likeness (QED) is 0.664. The van der Waals surface area contributed by atoms with Crippen molar-refractivity contribution in [2.75, 3.05) is 0 Å². The first kappa shape index (κ1) is 14.6. The first-order chi connectivity index (χ1) is 9.43. The Kier molecular flexibility index (Phi) is 4.16. The van der Waals surface area contributed by atoms with Crippen LogP contribution in [0, 0.1) is 34.6 Å². The Hall–Kier alpha value is -1.78. The number of nitrogens with one attached hydrogen (secondary N) is 1. The summed E-state index contributed by atoms with van der Waals surface area (Å²) >= 11 is 0. The van der Waals surface area contributed by atoms with Crippen molar-refractivity contribution in [3.05, 3.63) is 57.4 Å². The van der Waals surface area contributed by atoms with Gasteiger partial charge in [-0.05, 0) is 68.5 Å². The van der Waals surface area contributed by atoms with E-state index in [2.05, 4.69) is 48.5 Å². The largest absolute Gasteiger partial charge is 0.271 e. The van der Waals surface area contributed by atoms with E-state index in [1.807, 2.05) is 19.9 Å². The van der Waals surface area contributed by atoms with Crippen LogP contribution in [0.2, 0.25) is 0 Å². The smallest absolute Gasteiger partial charge is 0.0731 e. The fourth-order valence-electron chi connectivity index (χ4n) is 2.50. The highest BCUT2D eigenvalue weighted by Crippen LogP contribution is 2.28. The van der Waals surface area contributed by atoms with Crippen LogP contribution in [0.15, 0.2) is 18.2 Å². The summed E-state index contributed by atoms with van der Waals surface area (Å²) in [6.07, 6.45) is 0. The second kappa shape index (κ2) is 5.69. The van der Waals surface area contributed by atoms with Crippen molar-refractivity contribution in [3.8, 4) is 0 Å². The number of nitrogens with zero attached hydrogens (tertiary/aromatic N) is 2. The Morgan fingerprint density at radius 3 is 2.15 bits per heavy atom. The van der Waals surface area contributed by atoms with Crippen LogP contribution in [-0.4, -0.2) is 10.2 Å². The van der Waals surface area contributed by atoms with Crippen molar-refractivity contribution >= 4 is 0 Å². The Balaban J connectivity index is 2.58. The van der Waals surface area contributed by atoms with Crippen LogP contribution in [0.25, 0.3) is 0 Å². The van der Waals surface area contributed by atoms with Crippen molar-refractivity contribution in [2.24, 2.45) is 5.84 Å². The van der Waals surface area contributed by atoms with Gasteiger partial charge in [-0.15, -0.1) is 0 Å². The number of hydrogen-bond acceptors (Lipinski definition) is 4. The molecular weight excluding hydrogens is 248 g/mol. The van der Waals surface area contributed by atoms with Crippen LogP contribution in [0.5, 0.6) is 0 Å². The summed E-state index contributed by atoms with van der Waals surface area (Å²) in [6, 6.07) is 6.38. The lowest BCUT2D eigenvalue weighted by Crippen LogP contribution is -2.30. The second-order valence-corrected chi connectivity index (χ2v) is 5.42. The standard InChI is InChI=1S/C16H22N4/c1-9-6-11(3)14(7-10(9)2)16(18-17)15-8-12(4)19-20-13(15)5/h6-8,16,18H,17H2,1-5H3. The predicted octanol–water partition coefficient (Wildman–Crippen LogP) is 2.57. The lowest BCUT2D eigenvalue weighted by molar-refractivity contribution is 0.622. The van der Waals surface area contributed by atoms with Gasteiger partial charge in [-0.2, -0.15) is 10.2 Å². The van der Waals surface area contributed by atoms with Crippen LogP contribution >= 0.6 is 0 Å². The molecule has 0 bridgehead atoms. The molecule has 0 spiro atoms. The Morgan fingerprint density at radius 2 is 1.50 bits per heavy atom. The van der Waals surface area contributed by atoms with E-state index in [-0.39, 0.29) is 6.04 Å². The summed E-state index contributed by atoms with van der Waals surface area (Å²) in [5.41, 5.74) is 10.8. The fraction of sp³-hybridized carbons (Fsp3) is 0.375. The molecule has 2 aromatic rings. The minimum Gasteiger partial charge on any atom is -0.271 e. The zero-order valence-corrected chi connectivity index (χ0v) is 12.8. The molecule has 4 nitrogen and oxygen atoms in total. The van der Waals surface area contributed by atoms with Crippen LogP contribution in [-0.2, 0) is 0 Å². The molecule has 1 aromatic carbocycles. The molecule has 3 N–H and O–H groups in total. The second-order valence-electron chi connectivity index (χ2n) is 5.42. The molecule has 4 heteroatoms. The molecule has 0 amide bonds. The van der Waals surface area contributed by atoms with Gasteiger partial charge in [-0.25, -0.2) is 5.43 Å². The van der Waals surface area contributed by atoms with Crippen molar-refractivity contribution in [1.29, 1.82) is 0 Å². The third-order valence-corrected chi connectivity index (χ3v) is 3.81. The van der Waals surface area contributed by atoms with Gasteiger partial charge in [-0.1, -0.05) is 12.1 Å². The lowest BCUT2D eigenvalue weighted by Gasteiger charge is -2.21. The van der Waals surface area contributed by atoms with Crippen LogP contribution < -0.4 is 11.3 Å². The third-order valence-electron chi connectivity index (χ3n) is 3.81. The van der Waals surface area contributed by atoms with Gasteiger partial charge >= 0.3 is 0 Å². The Labute approximate surface area is 120 Å². The number of aryl methyl sites for hydroxylation is 5. The van der Waals surface area contributed by atoms with Gasteiger partial charge < -0.3 is 0 Å². The van der Waals surface area contributed by atoms with Crippen molar-refractivity contribution in [3.63, 3.8) is 0 Å². The molecule has 1 aromatic heterocycles. The van der Waals surface area contributed by atoms with Gasteiger partial charge in [0.1, 0.15) is 0 Å². The zero-order chi connectivity index (χ0) is 14.9. The normalized spacial score (nSPS) is 12.5. The third kappa shape index (κ3) is 2.71. The van der Waals surface area contributed by atoms with Crippen molar-refractivity contribution in [1.82, 2.24) is 15.6 Å². The SMILES string of the molecule is Cc1cc(C(NN)c2cc(C)c(C)cc2C)c(C)nn1. The molecule has 1 atom stereocenters. The minimum absolute atomic E-state index is 0.0662. The molecule has 0 aliphatic carbocycles. The highest BCUT2D eigenvalue weighted by atomic mass is 15.2. The van der Waals surface area contributed by atoms with E-state index < -0.39 is 0 Å². The lowest BCUT2D eigenvalue weighted by atomic mass is 9.91. The van der Waals surface area contributed by atoms with E-state index >= 15 is 0 Å². The maximum atomic E-state index is 5.81. The minimum atomic E-state index is -0.0662. The van der Waals surface area contributed by atoms with Gasteiger partial charge in [0.15, 0.2) is 0 Å². The van der Waals surface area contributed by atoms with E-state index in [9.17, 15) is 0 Å².